The number of nitrogens with zero attached hydrogens (tertiary/aromatic N) is 1. The van der Waals surface area contributed by atoms with E-state index in [4.69, 9.17) is 4.74 Å². The number of benzene rings is 1. The van der Waals surface area contributed by atoms with Gasteiger partial charge in [-0.15, -0.1) is 0 Å². The highest BCUT2D eigenvalue weighted by atomic mass is 16.5. The van der Waals surface area contributed by atoms with Crippen LogP contribution in [0.3, 0.4) is 0 Å². The average molecular weight is 248 g/mol. The summed E-state index contributed by atoms with van der Waals surface area (Å²) in [5, 5.41) is 3.39. The largest absolute Gasteiger partial charge is 0.492 e. The fourth-order valence-electron chi connectivity index (χ4n) is 2.53. The van der Waals surface area contributed by atoms with E-state index < -0.39 is 0 Å². The highest BCUT2D eigenvalue weighted by Gasteiger charge is 2.18. The molecule has 0 aliphatic heterocycles. The van der Waals surface area contributed by atoms with Gasteiger partial charge in [0.15, 0.2) is 0 Å². The molecule has 0 heterocycles. The Hall–Kier alpha value is -1.06. The molecule has 1 aromatic rings. The summed E-state index contributed by atoms with van der Waals surface area (Å²) in [5.41, 5.74) is 2.90. The van der Waals surface area contributed by atoms with Crippen molar-refractivity contribution in [3.05, 3.63) is 29.3 Å². The molecule has 0 saturated heterocycles. The molecule has 0 spiro atoms. The lowest BCUT2D eigenvalue weighted by atomic mass is 9.87. The van der Waals surface area contributed by atoms with Gasteiger partial charge in [-0.2, -0.15) is 0 Å². The van der Waals surface area contributed by atoms with Crippen LogP contribution in [0.25, 0.3) is 0 Å². The maximum absolute atomic E-state index is 5.79. The van der Waals surface area contributed by atoms with Gasteiger partial charge in [0.2, 0.25) is 0 Å². The second-order valence-corrected chi connectivity index (χ2v) is 5.25. The lowest BCUT2D eigenvalue weighted by Gasteiger charge is -2.25. The van der Waals surface area contributed by atoms with Crippen LogP contribution < -0.4 is 10.1 Å². The number of fused-ring (bicyclic) bond motifs is 1. The maximum atomic E-state index is 5.79. The van der Waals surface area contributed by atoms with Gasteiger partial charge < -0.3 is 15.0 Å². The lowest BCUT2D eigenvalue weighted by molar-refractivity contribution is 0.261. The topological polar surface area (TPSA) is 24.5 Å². The zero-order valence-electron chi connectivity index (χ0n) is 11.7. The molecule has 1 aliphatic rings. The Kier molecular flexibility index (Phi) is 4.61. The number of hydrogen-bond acceptors (Lipinski definition) is 3. The number of likely N-dealkylation sites (N-methyl/N-ethyl adjacent to an activating group) is 1. The van der Waals surface area contributed by atoms with E-state index in [0.29, 0.717) is 6.04 Å². The molecular weight excluding hydrogens is 224 g/mol. The third-order valence-electron chi connectivity index (χ3n) is 3.58. The molecule has 0 fully saturated rings. The molecule has 0 aromatic heterocycles. The van der Waals surface area contributed by atoms with Gasteiger partial charge in [-0.25, -0.2) is 0 Å². The second-order valence-electron chi connectivity index (χ2n) is 5.25. The van der Waals surface area contributed by atoms with Crippen LogP contribution in [0.2, 0.25) is 0 Å². The molecular formula is C15H24N2O. The number of nitrogens with one attached hydrogen (secondary N) is 1. The van der Waals surface area contributed by atoms with E-state index in [1.54, 1.807) is 0 Å². The molecule has 3 heteroatoms. The minimum absolute atomic E-state index is 0.518. The van der Waals surface area contributed by atoms with Crippen molar-refractivity contribution in [1.29, 1.82) is 0 Å². The van der Waals surface area contributed by atoms with Crippen molar-refractivity contribution in [3.63, 3.8) is 0 Å². The van der Waals surface area contributed by atoms with Crippen LogP contribution in [0.5, 0.6) is 5.75 Å². The molecule has 0 bridgehead atoms. The van der Waals surface area contributed by atoms with Crippen molar-refractivity contribution in [2.75, 3.05) is 34.3 Å². The standard InChI is InChI=1S/C15H24N2O/c1-16-15-6-4-5-12-11-13(7-8-14(12)15)18-10-9-17(2)3/h7-8,11,15-16H,4-6,9-10H2,1-3H3. The SMILES string of the molecule is CNC1CCCc2cc(OCCN(C)C)ccc21. The molecule has 100 valence electrons. The third kappa shape index (κ3) is 3.24. The Morgan fingerprint density at radius 2 is 2.22 bits per heavy atom. The molecule has 1 atom stereocenters. The monoisotopic (exact) mass is 248 g/mol. The number of ether oxygens (including phenoxy) is 1. The smallest absolute Gasteiger partial charge is 0.119 e. The van der Waals surface area contributed by atoms with Crippen molar-refractivity contribution in [2.45, 2.75) is 25.3 Å². The zero-order valence-corrected chi connectivity index (χ0v) is 11.7. The fraction of sp³-hybridized carbons (Fsp3) is 0.600. The molecule has 3 nitrogen and oxygen atoms in total. The van der Waals surface area contributed by atoms with Crippen molar-refractivity contribution in [3.8, 4) is 5.75 Å². The second kappa shape index (κ2) is 6.21. The predicted octanol–water partition coefficient (Wildman–Crippen LogP) is 2.22. The summed E-state index contributed by atoms with van der Waals surface area (Å²) < 4.78 is 5.79. The molecule has 0 saturated carbocycles. The van der Waals surface area contributed by atoms with E-state index in [-0.39, 0.29) is 0 Å². The average Bonchev–Trinajstić information content (AvgIpc) is 2.37. The fourth-order valence-corrected chi connectivity index (χ4v) is 2.53. The van der Waals surface area contributed by atoms with Crippen LogP contribution in [-0.4, -0.2) is 39.2 Å². The van der Waals surface area contributed by atoms with Gasteiger partial charge >= 0.3 is 0 Å². The summed E-state index contributed by atoms with van der Waals surface area (Å²) in [6.45, 7) is 1.71. The van der Waals surface area contributed by atoms with Gasteiger partial charge in [-0.3, -0.25) is 0 Å². The summed E-state index contributed by atoms with van der Waals surface area (Å²) in [4.78, 5) is 2.13. The highest BCUT2D eigenvalue weighted by molar-refractivity contribution is 5.39. The molecule has 18 heavy (non-hydrogen) atoms. The molecule has 0 amide bonds. The van der Waals surface area contributed by atoms with Crippen molar-refractivity contribution < 1.29 is 4.74 Å². The molecule has 1 N–H and O–H groups in total. The summed E-state index contributed by atoms with van der Waals surface area (Å²) >= 11 is 0. The normalized spacial score (nSPS) is 18.8. The van der Waals surface area contributed by atoms with Gasteiger partial charge in [0.25, 0.3) is 0 Å². The predicted molar refractivity (Wildman–Crippen MR) is 75.2 cm³/mol. The zero-order chi connectivity index (χ0) is 13.0. The van der Waals surface area contributed by atoms with E-state index in [1.165, 1.54) is 30.4 Å². The van der Waals surface area contributed by atoms with Gasteiger partial charge in [0.05, 0.1) is 0 Å². The van der Waals surface area contributed by atoms with Crippen LogP contribution >= 0.6 is 0 Å². The van der Waals surface area contributed by atoms with Crippen LogP contribution in [0.4, 0.5) is 0 Å². The summed E-state index contributed by atoms with van der Waals surface area (Å²) in [7, 11) is 6.17. The minimum atomic E-state index is 0.518. The van der Waals surface area contributed by atoms with Crippen LogP contribution in [0.1, 0.15) is 30.0 Å². The first-order chi connectivity index (χ1) is 8.70. The number of aryl methyl sites for hydroxylation is 1. The van der Waals surface area contributed by atoms with Crippen LogP contribution in [-0.2, 0) is 6.42 Å². The van der Waals surface area contributed by atoms with Gasteiger partial charge in [0.1, 0.15) is 12.4 Å². The molecule has 0 radical (unpaired) electrons. The van der Waals surface area contributed by atoms with Gasteiger partial charge in [0, 0.05) is 12.6 Å². The molecule has 1 aliphatic carbocycles. The first-order valence-electron chi connectivity index (χ1n) is 6.78. The third-order valence-corrected chi connectivity index (χ3v) is 3.58. The first-order valence-corrected chi connectivity index (χ1v) is 6.78. The van der Waals surface area contributed by atoms with E-state index in [2.05, 4.69) is 42.5 Å². The van der Waals surface area contributed by atoms with E-state index >= 15 is 0 Å². The highest BCUT2D eigenvalue weighted by Crippen LogP contribution is 2.31. The van der Waals surface area contributed by atoms with Gasteiger partial charge in [-0.05, 0) is 63.7 Å². The summed E-state index contributed by atoms with van der Waals surface area (Å²) in [6.07, 6.45) is 3.68. The quantitative estimate of drug-likeness (QED) is 0.865. The molecule has 1 aromatic carbocycles. The summed E-state index contributed by atoms with van der Waals surface area (Å²) in [6, 6.07) is 7.06. The Balaban J connectivity index is 2.02. The van der Waals surface area contributed by atoms with E-state index in [1.807, 2.05) is 7.05 Å². The Morgan fingerprint density at radius 3 is 2.94 bits per heavy atom. The van der Waals surface area contributed by atoms with E-state index in [9.17, 15) is 0 Å². The number of rotatable bonds is 5. The number of hydrogen-bond donors (Lipinski definition) is 1. The maximum Gasteiger partial charge on any atom is 0.119 e. The lowest BCUT2D eigenvalue weighted by Crippen LogP contribution is -2.22. The minimum Gasteiger partial charge on any atom is -0.492 e. The van der Waals surface area contributed by atoms with Gasteiger partial charge in [-0.1, -0.05) is 6.07 Å². The van der Waals surface area contributed by atoms with Crippen molar-refractivity contribution >= 4 is 0 Å². The van der Waals surface area contributed by atoms with Crippen molar-refractivity contribution in [2.24, 2.45) is 0 Å². The van der Waals surface area contributed by atoms with Crippen molar-refractivity contribution in [1.82, 2.24) is 10.2 Å². The summed E-state index contributed by atoms with van der Waals surface area (Å²) in [5.74, 6) is 1.01. The Bertz CT molecular complexity index is 390. The van der Waals surface area contributed by atoms with Crippen LogP contribution in [0.15, 0.2) is 18.2 Å². The first kappa shape index (κ1) is 13.4. The Labute approximate surface area is 110 Å². The van der Waals surface area contributed by atoms with E-state index in [0.717, 1.165) is 18.9 Å². The molecule has 2 rings (SSSR count). The molecule has 1 unspecified atom stereocenters. The Morgan fingerprint density at radius 1 is 1.39 bits per heavy atom. The van der Waals surface area contributed by atoms with Crippen LogP contribution in [0, 0.1) is 0 Å².